The highest BCUT2D eigenvalue weighted by Gasteiger charge is 2.62. The molecule has 0 bridgehead atoms. The van der Waals surface area contributed by atoms with Crippen molar-refractivity contribution in [3.8, 4) is 5.69 Å². The van der Waals surface area contributed by atoms with Crippen LogP contribution in [-0.4, -0.2) is 38.5 Å². The van der Waals surface area contributed by atoms with Crippen LogP contribution in [0, 0.1) is 0 Å². The Morgan fingerprint density at radius 2 is 1.16 bits per heavy atom. The molecule has 3 nitrogen and oxygen atoms in total. The van der Waals surface area contributed by atoms with E-state index in [1.165, 1.54) is 107 Å². The number of fused-ring (bicyclic) bond motifs is 13. The van der Waals surface area contributed by atoms with Crippen LogP contribution in [0.3, 0.4) is 0 Å². The second-order valence-electron chi connectivity index (χ2n) is 22.4. The van der Waals surface area contributed by atoms with Crippen LogP contribution in [0.15, 0.2) is 84.9 Å². The Morgan fingerprint density at radius 3 is 1.88 bits per heavy atom. The average Bonchev–Trinajstić information content (AvgIpc) is 3.71. The predicted octanol–water partition coefficient (Wildman–Crippen LogP) is 10.5. The summed E-state index contributed by atoms with van der Waals surface area (Å²) in [5, 5.41) is 5.96. The summed E-state index contributed by atoms with van der Waals surface area (Å²) in [5.74, 6) is 0. The summed E-state index contributed by atoms with van der Waals surface area (Å²) < 4.78 is 2.71. The molecule has 2 aliphatic carbocycles. The molecule has 5 aromatic carbocycles. The Bertz CT molecular complexity index is 2820. The van der Waals surface area contributed by atoms with Crippen LogP contribution in [0.1, 0.15) is 90.2 Å². The summed E-state index contributed by atoms with van der Waals surface area (Å²) in [6.07, 6.45) is 10.1. The first kappa shape index (κ1) is 35.9. The molecule has 6 aromatic rings. The van der Waals surface area contributed by atoms with Gasteiger partial charge in [0.15, 0.2) is 0 Å². The van der Waals surface area contributed by atoms with Gasteiger partial charge in [0.1, 0.15) is 0 Å². The van der Waals surface area contributed by atoms with Crippen LogP contribution in [0.5, 0.6) is 0 Å². The van der Waals surface area contributed by atoms with Crippen molar-refractivity contribution in [1.82, 2.24) is 4.57 Å². The number of benzene rings is 5. The number of hydrogen-bond donors (Lipinski definition) is 0. The molecular weight excluding hydrogens is 734 g/mol. The third kappa shape index (κ3) is 4.08. The molecule has 0 saturated heterocycles. The topological polar surface area (TPSA) is 11.4 Å². The second kappa shape index (κ2) is 11.0. The zero-order valence-corrected chi connectivity index (χ0v) is 38.7. The Kier molecular flexibility index (Phi) is 6.83. The molecule has 4 atom stereocenters. The maximum absolute atomic E-state index is 2.97. The van der Waals surface area contributed by atoms with E-state index in [0.29, 0.717) is 0 Å². The summed E-state index contributed by atoms with van der Waals surface area (Å²) in [4.78, 5) is 5.85. The van der Waals surface area contributed by atoms with E-state index in [1.807, 2.05) is 0 Å². The lowest BCUT2D eigenvalue weighted by Crippen LogP contribution is -2.64. The molecule has 0 spiro atoms. The second-order valence-corrected chi connectivity index (χ2v) is 32.6. The van der Waals surface area contributed by atoms with E-state index in [9.17, 15) is 0 Å². The van der Waals surface area contributed by atoms with Crippen molar-refractivity contribution in [3.05, 3.63) is 96.1 Å². The summed E-state index contributed by atoms with van der Waals surface area (Å²) in [5.41, 5.74) is 17.9. The van der Waals surface area contributed by atoms with Crippen LogP contribution in [0.2, 0.25) is 39.3 Å². The summed E-state index contributed by atoms with van der Waals surface area (Å²) in [6.45, 7) is 26.0. The zero-order valence-electron chi connectivity index (χ0n) is 36.7. The van der Waals surface area contributed by atoms with Gasteiger partial charge in [-0.3, -0.25) is 0 Å². The molecule has 2 fully saturated rings. The SMILES string of the molecule is CC12CCCCC1(C)N(c1cc3c4c(c1)-n1c5ccccc5c5cccc(c51)B4c1cc([Si](C)(C)C)cc4c1N3C1(C)CCCCC41C)c1ccc([Si](C)(C)C)cc12. The first-order valence-corrected chi connectivity index (χ1v) is 29.7. The monoisotopic (exact) mass is 793 g/mol. The number of aromatic nitrogens is 1. The maximum Gasteiger partial charge on any atom is 0.252 e. The third-order valence-electron chi connectivity index (χ3n) is 17.6. The van der Waals surface area contributed by atoms with Crippen molar-refractivity contribution in [2.75, 3.05) is 9.80 Å². The lowest BCUT2D eigenvalue weighted by atomic mass is 9.33. The molecule has 0 amide bonds. The van der Waals surface area contributed by atoms with Crippen LogP contribution in [0.4, 0.5) is 22.7 Å². The molecule has 4 aliphatic heterocycles. The fourth-order valence-corrected chi connectivity index (χ4v) is 16.2. The van der Waals surface area contributed by atoms with Gasteiger partial charge in [-0.15, -0.1) is 0 Å². The first-order chi connectivity index (χ1) is 27.5. The van der Waals surface area contributed by atoms with Crippen molar-refractivity contribution in [2.45, 2.75) is 140 Å². The number of anilines is 4. The van der Waals surface area contributed by atoms with Crippen molar-refractivity contribution in [3.63, 3.8) is 0 Å². The van der Waals surface area contributed by atoms with E-state index in [1.54, 1.807) is 32.7 Å². The maximum atomic E-state index is 2.97. The molecule has 0 radical (unpaired) electrons. The normalized spacial score (nSPS) is 27.8. The van der Waals surface area contributed by atoms with Crippen LogP contribution >= 0.6 is 0 Å². The van der Waals surface area contributed by atoms with Crippen molar-refractivity contribution >= 4 is 94.2 Å². The number of para-hydroxylation sites is 2. The Hall–Kier alpha value is -4.00. The van der Waals surface area contributed by atoms with Crippen LogP contribution in [0.25, 0.3) is 27.5 Å². The molecule has 58 heavy (non-hydrogen) atoms. The average molecular weight is 794 g/mol. The molecule has 1 aromatic heterocycles. The summed E-state index contributed by atoms with van der Waals surface area (Å²) in [7, 11) is -3.18. The van der Waals surface area contributed by atoms with Gasteiger partial charge in [0.25, 0.3) is 6.71 Å². The molecule has 2 saturated carbocycles. The van der Waals surface area contributed by atoms with E-state index in [2.05, 4.69) is 166 Å². The largest absolute Gasteiger partial charge is 0.335 e. The van der Waals surface area contributed by atoms with E-state index in [0.717, 1.165) is 0 Å². The standard InChI is InChI=1S/C52H60BN3Si2/c1-49-24-13-15-26-51(49,3)55(43-23-22-34(30-38(43)49)57(5,6)7)33-28-44-46-45(29-33)56-48-39(50(2)25-14-16-27-52(50,56)4)31-35(58(8,9)10)32-41(48)53(46)40-20-17-19-37-36-18-11-12-21-42(36)54(44)47(37)40/h11-12,17-23,28-32H,13-16,24-27H2,1-10H3. The van der Waals surface area contributed by atoms with Crippen molar-refractivity contribution in [1.29, 1.82) is 0 Å². The zero-order chi connectivity index (χ0) is 40.1. The van der Waals surface area contributed by atoms with Gasteiger partial charge in [-0.1, -0.05) is 150 Å². The van der Waals surface area contributed by atoms with Gasteiger partial charge >= 0.3 is 0 Å². The van der Waals surface area contributed by atoms with E-state index < -0.39 is 16.1 Å². The molecule has 0 N–H and O–H groups in total. The quantitative estimate of drug-likeness (QED) is 0.165. The predicted molar refractivity (Wildman–Crippen MR) is 257 cm³/mol. The number of rotatable bonds is 3. The van der Waals surface area contributed by atoms with Crippen molar-refractivity contribution in [2.24, 2.45) is 0 Å². The summed E-state index contributed by atoms with van der Waals surface area (Å²) >= 11 is 0. The fourth-order valence-electron chi connectivity index (χ4n) is 13.9. The van der Waals surface area contributed by atoms with Gasteiger partial charge in [-0.05, 0) is 91.3 Å². The number of hydrogen-bond acceptors (Lipinski definition) is 2. The smallest absolute Gasteiger partial charge is 0.252 e. The van der Waals surface area contributed by atoms with Gasteiger partial charge in [0, 0.05) is 55.6 Å². The van der Waals surface area contributed by atoms with Crippen LogP contribution < -0.4 is 36.6 Å². The lowest BCUT2D eigenvalue weighted by Gasteiger charge is -2.53. The molecule has 6 aliphatic rings. The molecule has 5 heterocycles. The minimum atomic E-state index is -1.66. The van der Waals surface area contributed by atoms with E-state index >= 15 is 0 Å². The minimum Gasteiger partial charge on any atom is -0.335 e. The third-order valence-corrected chi connectivity index (χ3v) is 21.6. The Morgan fingerprint density at radius 1 is 0.534 bits per heavy atom. The summed E-state index contributed by atoms with van der Waals surface area (Å²) in [6, 6.07) is 35.0. The van der Waals surface area contributed by atoms with Gasteiger partial charge in [0.2, 0.25) is 0 Å². The van der Waals surface area contributed by atoms with Gasteiger partial charge in [0.05, 0.1) is 32.7 Å². The minimum absolute atomic E-state index is 0.0127. The molecule has 12 rings (SSSR count). The highest BCUT2D eigenvalue weighted by molar-refractivity contribution is 7.01. The molecular formula is C52H60BN3Si2. The highest BCUT2D eigenvalue weighted by Crippen LogP contribution is 2.64. The Balaban J connectivity index is 1.23. The van der Waals surface area contributed by atoms with Crippen LogP contribution in [-0.2, 0) is 10.8 Å². The fraction of sp³-hybridized carbons (Fsp3) is 0.423. The van der Waals surface area contributed by atoms with Gasteiger partial charge in [-0.25, -0.2) is 0 Å². The lowest BCUT2D eigenvalue weighted by molar-refractivity contribution is 0.194. The first-order valence-electron chi connectivity index (χ1n) is 22.7. The van der Waals surface area contributed by atoms with E-state index in [-0.39, 0.29) is 28.6 Å². The van der Waals surface area contributed by atoms with E-state index in [4.69, 9.17) is 0 Å². The highest BCUT2D eigenvalue weighted by atomic mass is 28.3. The van der Waals surface area contributed by atoms with Gasteiger partial charge < -0.3 is 14.4 Å². The van der Waals surface area contributed by atoms with Gasteiger partial charge in [-0.2, -0.15) is 0 Å². The molecule has 6 heteroatoms. The van der Waals surface area contributed by atoms with Crippen molar-refractivity contribution < 1.29 is 0 Å². The Labute approximate surface area is 348 Å². The number of nitrogens with zero attached hydrogens (tertiary/aromatic N) is 3. The molecule has 294 valence electrons. The molecule has 4 unspecified atom stereocenters.